The van der Waals surface area contributed by atoms with Gasteiger partial charge in [0.25, 0.3) is 5.91 Å². The molecule has 2 aromatic rings. The molecule has 0 spiro atoms. The molecule has 2 N–H and O–H groups in total. The molecule has 2 rings (SSSR count). The van der Waals surface area contributed by atoms with Gasteiger partial charge in [-0.1, -0.05) is 29.8 Å². The van der Waals surface area contributed by atoms with Gasteiger partial charge in [0.2, 0.25) is 5.91 Å². The number of carbonyl (C=O) groups excluding carboxylic acids is 2. The van der Waals surface area contributed by atoms with Crippen molar-refractivity contribution in [2.45, 2.75) is 19.3 Å². The van der Waals surface area contributed by atoms with E-state index in [2.05, 4.69) is 15.8 Å². The van der Waals surface area contributed by atoms with Crippen LogP contribution < -0.4 is 15.5 Å². The van der Waals surface area contributed by atoms with Crippen molar-refractivity contribution < 1.29 is 18.7 Å². The highest BCUT2D eigenvalue weighted by molar-refractivity contribution is 6.33. The number of halogens is 2. The summed E-state index contributed by atoms with van der Waals surface area (Å²) in [4.78, 5) is 23.5. The fourth-order valence-corrected chi connectivity index (χ4v) is 2.57. The lowest BCUT2D eigenvalue weighted by atomic mass is 10.1. The first-order valence-corrected chi connectivity index (χ1v) is 9.03. The molecule has 0 radical (unpaired) electrons. The van der Waals surface area contributed by atoms with Gasteiger partial charge in [0.05, 0.1) is 24.9 Å². The number of carbonyl (C=O) groups is 2. The molecule has 2 aromatic carbocycles. The van der Waals surface area contributed by atoms with E-state index in [0.717, 1.165) is 23.9 Å². The number of hydrogen-bond acceptors (Lipinski definition) is 4. The summed E-state index contributed by atoms with van der Waals surface area (Å²) in [5, 5.41) is 6.34. The maximum Gasteiger partial charge on any atom is 0.259 e. The number of hydrazone groups is 1. The Morgan fingerprint density at radius 2 is 1.93 bits per heavy atom. The van der Waals surface area contributed by atoms with Crippen molar-refractivity contribution in [3.63, 3.8) is 0 Å². The average Bonchev–Trinajstić information content (AvgIpc) is 2.69. The van der Waals surface area contributed by atoms with Crippen LogP contribution in [0.25, 0.3) is 0 Å². The van der Waals surface area contributed by atoms with Gasteiger partial charge in [0.15, 0.2) is 0 Å². The number of nitrogens with one attached hydrogen (secondary N) is 2. The Balaban J connectivity index is 1.66. The van der Waals surface area contributed by atoms with E-state index in [1.54, 1.807) is 7.11 Å². The van der Waals surface area contributed by atoms with E-state index in [1.165, 1.54) is 18.2 Å². The van der Waals surface area contributed by atoms with Crippen molar-refractivity contribution in [2.24, 2.45) is 5.10 Å². The van der Waals surface area contributed by atoms with E-state index in [9.17, 15) is 14.0 Å². The largest absolute Gasteiger partial charge is 0.497 e. The molecule has 8 heteroatoms. The number of rotatable bonds is 9. The van der Waals surface area contributed by atoms with Crippen LogP contribution in [0, 0.1) is 5.82 Å². The molecule has 148 valence electrons. The summed E-state index contributed by atoms with van der Waals surface area (Å²) >= 11 is 5.85. The Labute approximate surface area is 167 Å². The third-order valence-corrected chi connectivity index (χ3v) is 4.19. The molecule has 0 saturated carbocycles. The minimum Gasteiger partial charge on any atom is -0.497 e. The van der Waals surface area contributed by atoms with Crippen molar-refractivity contribution in [1.82, 2.24) is 10.7 Å². The minimum atomic E-state index is -0.546. The Hall–Kier alpha value is -2.93. The highest BCUT2D eigenvalue weighted by Gasteiger charge is 2.06. The predicted octanol–water partition coefficient (Wildman–Crippen LogP) is 3.08. The van der Waals surface area contributed by atoms with Crippen LogP contribution >= 0.6 is 11.6 Å². The molecule has 0 atom stereocenters. The van der Waals surface area contributed by atoms with Crippen molar-refractivity contribution in [2.75, 3.05) is 13.7 Å². The van der Waals surface area contributed by atoms with Gasteiger partial charge in [-0.05, 0) is 42.7 Å². The zero-order valence-electron chi connectivity index (χ0n) is 15.4. The van der Waals surface area contributed by atoms with E-state index in [-0.39, 0.29) is 23.0 Å². The summed E-state index contributed by atoms with van der Waals surface area (Å²) < 4.78 is 18.7. The minimum absolute atomic E-state index is 0.0760. The first-order chi connectivity index (χ1) is 13.5. The highest BCUT2D eigenvalue weighted by Crippen LogP contribution is 2.16. The first-order valence-electron chi connectivity index (χ1n) is 8.65. The summed E-state index contributed by atoms with van der Waals surface area (Å²) in [5.41, 5.74) is 3.39. The molecule has 0 aliphatic heterocycles. The third-order valence-electron chi connectivity index (χ3n) is 3.86. The molecule has 0 fully saturated rings. The fourth-order valence-electron chi connectivity index (χ4n) is 2.35. The molecule has 0 bridgehead atoms. The molecule has 0 unspecified atom stereocenters. The Kier molecular flexibility index (Phi) is 8.42. The Bertz CT molecular complexity index is 821. The monoisotopic (exact) mass is 405 g/mol. The van der Waals surface area contributed by atoms with Crippen molar-refractivity contribution >= 4 is 29.6 Å². The average molecular weight is 406 g/mol. The van der Waals surface area contributed by atoms with Gasteiger partial charge in [-0.2, -0.15) is 5.10 Å². The molecule has 0 saturated heterocycles. The van der Waals surface area contributed by atoms with Gasteiger partial charge in [-0.3, -0.25) is 9.59 Å². The number of aryl methyl sites for hydroxylation is 1. The van der Waals surface area contributed by atoms with Crippen molar-refractivity contribution in [3.05, 3.63) is 64.4 Å². The lowest BCUT2D eigenvalue weighted by molar-refractivity contribution is -0.126. The lowest BCUT2D eigenvalue weighted by Gasteiger charge is -2.05. The second kappa shape index (κ2) is 11.0. The molecule has 0 aliphatic rings. The number of amides is 2. The molecule has 0 aromatic heterocycles. The lowest BCUT2D eigenvalue weighted by Crippen LogP contribution is -2.34. The quantitative estimate of drug-likeness (QED) is 0.497. The van der Waals surface area contributed by atoms with E-state index in [4.69, 9.17) is 16.3 Å². The topological polar surface area (TPSA) is 79.8 Å². The Morgan fingerprint density at radius 3 is 2.61 bits per heavy atom. The number of methoxy groups -OCH3 is 1. The number of hydrogen-bond donors (Lipinski definition) is 2. The van der Waals surface area contributed by atoms with Gasteiger partial charge >= 0.3 is 0 Å². The molecular formula is C20H21ClFN3O3. The third kappa shape index (κ3) is 7.00. The molecule has 0 aliphatic carbocycles. The van der Waals surface area contributed by atoms with Gasteiger partial charge in [0.1, 0.15) is 11.6 Å². The molecule has 28 heavy (non-hydrogen) atoms. The van der Waals surface area contributed by atoms with Gasteiger partial charge in [-0.15, -0.1) is 0 Å². The number of ether oxygens (including phenoxy) is 1. The molecule has 2 amide bonds. The first kappa shape index (κ1) is 21.4. The van der Waals surface area contributed by atoms with Crippen LogP contribution in [0.3, 0.4) is 0 Å². The van der Waals surface area contributed by atoms with E-state index in [1.807, 2.05) is 24.3 Å². The summed E-state index contributed by atoms with van der Waals surface area (Å²) in [5.74, 6) is -0.514. The smallest absolute Gasteiger partial charge is 0.259 e. The van der Waals surface area contributed by atoms with Crippen LogP contribution in [-0.4, -0.2) is 31.7 Å². The second-order valence-corrected chi connectivity index (χ2v) is 6.31. The van der Waals surface area contributed by atoms with Gasteiger partial charge in [0, 0.05) is 12.0 Å². The normalized spacial score (nSPS) is 10.7. The highest BCUT2D eigenvalue weighted by atomic mass is 35.5. The SMILES string of the molecule is COc1ccc(CCCC(=O)NCC(=O)NN=Cc2c(F)cccc2Cl)cc1. The zero-order chi connectivity index (χ0) is 20.4. The zero-order valence-corrected chi connectivity index (χ0v) is 16.1. The summed E-state index contributed by atoms with van der Waals surface area (Å²) in [7, 11) is 1.61. The molecule has 0 heterocycles. The van der Waals surface area contributed by atoms with Crippen molar-refractivity contribution in [1.29, 1.82) is 0 Å². The maximum atomic E-state index is 13.6. The van der Waals surface area contributed by atoms with Crippen molar-refractivity contribution in [3.8, 4) is 5.75 Å². The predicted molar refractivity (Wildman–Crippen MR) is 106 cm³/mol. The van der Waals surface area contributed by atoms with Crippen LogP contribution in [0.4, 0.5) is 4.39 Å². The second-order valence-electron chi connectivity index (χ2n) is 5.91. The van der Waals surface area contributed by atoms with Crippen LogP contribution in [0.15, 0.2) is 47.6 Å². The Morgan fingerprint density at radius 1 is 1.18 bits per heavy atom. The molecular weight excluding hydrogens is 385 g/mol. The van der Waals surface area contributed by atoms with Crippen LogP contribution in [-0.2, 0) is 16.0 Å². The summed E-state index contributed by atoms with van der Waals surface area (Å²) in [6.07, 6.45) is 2.82. The fraction of sp³-hybridized carbons (Fsp3) is 0.250. The van der Waals surface area contributed by atoms with Crippen LogP contribution in [0.5, 0.6) is 5.75 Å². The molecule has 6 nitrogen and oxygen atoms in total. The standard InChI is InChI=1S/C20H21ClFN3O3/c1-28-15-10-8-14(9-11-15)4-2-7-19(26)23-13-20(27)25-24-12-16-17(21)5-3-6-18(16)22/h3,5-6,8-12H,2,4,7,13H2,1H3,(H,23,26)(H,25,27). The van der Waals surface area contributed by atoms with Crippen LogP contribution in [0.2, 0.25) is 5.02 Å². The summed E-state index contributed by atoms with van der Waals surface area (Å²) in [6, 6.07) is 11.9. The van der Waals surface area contributed by atoms with Gasteiger partial charge < -0.3 is 10.1 Å². The number of benzene rings is 2. The van der Waals surface area contributed by atoms with E-state index < -0.39 is 11.7 Å². The van der Waals surface area contributed by atoms with E-state index >= 15 is 0 Å². The summed E-state index contributed by atoms with van der Waals surface area (Å²) in [6.45, 7) is -0.219. The van der Waals surface area contributed by atoms with Gasteiger partial charge in [-0.25, -0.2) is 9.82 Å². The van der Waals surface area contributed by atoms with E-state index in [0.29, 0.717) is 12.8 Å². The van der Waals surface area contributed by atoms with Crippen LogP contribution in [0.1, 0.15) is 24.0 Å². The maximum absolute atomic E-state index is 13.6. The number of nitrogens with zero attached hydrogens (tertiary/aromatic N) is 1.